The van der Waals surface area contributed by atoms with Gasteiger partial charge in [-0.3, -0.25) is 4.79 Å². The number of thiocarbonyl (C=S) groups is 1. The van der Waals surface area contributed by atoms with Crippen molar-refractivity contribution in [1.82, 2.24) is 15.5 Å². The Morgan fingerprint density at radius 3 is 2.17 bits per heavy atom. The maximum absolute atomic E-state index is 13.3. The maximum Gasteiger partial charge on any atom is 0.239 e. The Hall–Kier alpha value is -1.69. The van der Waals surface area contributed by atoms with E-state index in [-0.39, 0.29) is 18.3 Å². The standard InChI is InChI=1S/C24H36FN3OS/c25-20-15-13-19(14-16-20)18-28(22-11-7-4-8-12-22)24(30)26-17-23(29)27-21-9-5-2-1-3-6-10-21/h13-16,21-22H,1-12,17-18H2,(H,26,30)(H,27,29). The molecule has 4 nitrogen and oxygen atoms in total. The Kier molecular flexibility index (Phi) is 9.37. The lowest BCUT2D eigenvalue weighted by molar-refractivity contribution is -0.120. The summed E-state index contributed by atoms with van der Waals surface area (Å²) in [5, 5.41) is 7.02. The van der Waals surface area contributed by atoms with Crippen LogP contribution in [0.1, 0.15) is 82.6 Å². The van der Waals surface area contributed by atoms with E-state index in [9.17, 15) is 9.18 Å². The van der Waals surface area contributed by atoms with Gasteiger partial charge in [0, 0.05) is 18.6 Å². The van der Waals surface area contributed by atoms with Crippen LogP contribution in [0.5, 0.6) is 0 Å². The van der Waals surface area contributed by atoms with Crippen LogP contribution in [-0.2, 0) is 11.3 Å². The van der Waals surface area contributed by atoms with Crippen LogP contribution in [0.4, 0.5) is 4.39 Å². The molecule has 3 rings (SSSR count). The fraction of sp³-hybridized carbons (Fsp3) is 0.667. The second-order valence-electron chi connectivity index (χ2n) is 8.81. The summed E-state index contributed by atoms with van der Waals surface area (Å²) in [6.07, 6.45) is 14.3. The van der Waals surface area contributed by atoms with E-state index < -0.39 is 0 Å². The average Bonchev–Trinajstić information content (AvgIpc) is 2.74. The third-order valence-electron chi connectivity index (χ3n) is 6.41. The zero-order valence-electron chi connectivity index (χ0n) is 18.0. The van der Waals surface area contributed by atoms with Gasteiger partial charge in [0.1, 0.15) is 5.82 Å². The van der Waals surface area contributed by atoms with Crippen LogP contribution in [0.3, 0.4) is 0 Å². The third-order valence-corrected chi connectivity index (χ3v) is 6.79. The number of amides is 1. The van der Waals surface area contributed by atoms with Gasteiger partial charge in [-0.05, 0) is 55.6 Å². The summed E-state index contributed by atoms with van der Waals surface area (Å²) >= 11 is 5.70. The summed E-state index contributed by atoms with van der Waals surface area (Å²) in [5.41, 5.74) is 1.03. The summed E-state index contributed by atoms with van der Waals surface area (Å²) in [4.78, 5) is 14.7. The molecule has 2 aliphatic rings. The van der Waals surface area contributed by atoms with E-state index in [4.69, 9.17) is 12.2 Å². The largest absolute Gasteiger partial charge is 0.353 e. The summed E-state index contributed by atoms with van der Waals surface area (Å²) in [6, 6.07) is 7.28. The van der Waals surface area contributed by atoms with Crippen molar-refractivity contribution >= 4 is 23.2 Å². The normalized spacial score (nSPS) is 18.8. The minimum atomic E-state index is -0.227. The van der Waals surface area contributed by atoms with Gasteiger partial charge in [0.25, 0.3) is 0 Å². The minimum Gasteiger partial charge on any atom is -0.353 e. The van der Waals surface area contributed by atoms with Crippen molar-refractivity contribution in [3.05, 3.63) is 35.6 Å². The van der Waals surface area contributed by atoms with Gasteiger partial charge in [0.05, 0.1) is 6.54 Å². The molecule has 2 aliphatic carbocycles. The molecule has 166 valence electrons. The van der Waals surface area contributed by atoms with Crippen LogP contribution in [-0.4, -0.2) is 34.5 Å². The Morgan fingerprint density at radius 2 is 1.50 bits per heavy atom. The van der Waals surface area contributed by atoms with Gasteiger partial charge in [0.2, 0.25) is 5.91 Å². The number of hydrogen-bond donors (Lipinski definition) is 2. The van der Waals surface area contributed by atoms with Crippen molar-refractivity contribution in [3.63, 3.8) is 0 Å². The Bertz CT molecular complexity index is 668. The van der Waals surface area contributed by atoms with Crippen LogP contribution >= 0.6 is 12.2 Å². The van der Waals surface area contributed by atoms with E-state index >= 15 is 0 Å². The van der Waals surface area contributed by atoms with Crippen molar-refractivity contribution in [1.29, 1.82) is 0 Å². The first-order valence-electron chi connectivity index (χ1n) is 11.7. The highest BCUT2D eigenvalue weighted by molar-refractivity contribution is 7.80. The molecule has 0 unspecified atom stereocenters. The fourth-order valence-electron chi connectivity index (χ4n) is 4.68. The van der Waals surface area contributed by atoms with Gasteiger partial charge in [-0.25, -0.2) is 4.39 Å². The second kappa shape index (κ2) is 12.2. The molecule has 0 aliphatic heterocycles. The van der Waals surface area contributed by atoms with Crippen LogP contribution in [0.25, 0.3) is 0 Å². The molecular weight excluding hydrogens is 397 g/mol. The molecule has 0 bridgehead atoms. The van der Waals surface area contributed by atoms with E-state index in [1.807, 2.05) is 12.1 Å². The highest BCUT2D eigenvalue weighted by atomic mass is 32.1. The SMILES string of the molecule is O=C(CNC(=S)N(Cc1ccc(F)cc1)C1CCCCC1)NC1CCCCCCC1. The highest BCUT2D eigenvalue weighted by Gasteiger charge is 2.24. The molecule has 0 aromatic heterocycles. The van der Waals surface area contributed by atoms with Crippen molar-refractivity contribution < 1.29 is 9.18 Å². The molecule has 0 heterocycles. The molecule has 0 radical (unpaired) electrons. The number of carbonyl (C=O) groups is 1. The molecule has 2 saturated carbocycles. The quantitative estimate of drug-likeness (QED) is 0.615. The first kappa shape index (κ1) is 23.0. The summed E-state index contributed by atoms with van der Waals surface area (Å²) in [6.45, 7) is 0.850. The minimum absolute atomic E-state index is 0.0216. The third kappa shape index (κ3) is 7.53. The number of halogens is 1. The Labute approximate surface area is 186 Å². The van der Waals surface area contributed by atoms with Crippen molar-refractivity contribution in [2.75, 3.05) is 6.54 Å². The topological polar surface area (TPSA) is 44.4 Å². The lowest BCUT2D eigenvalue weighted by atomic mass is 9.94. The highest BCUT2D eigenvalue weighted by Crippen LogP contribution is 2.24. The summed E-state index contributed by atoms with van der Waals surface area (Å²) in [5.74, 6) is -0.206. The zero-order chi connectivity index (χ0) is 21.2. The fourth-order valence-corrected chi connectivity index (χ4v) is 4.97. The Balaban J connectivity index is 1.53. The number of nitrogens with zero attached hydrogens (tertiary/aromatic N) is 1. The van der Waals surface area contributed by atoms with Gasteiger partial charge < -0.3 is 15.5 Å². The van der Waals surface area contributed by atoms with Gasteiger partial charge >= 0.3 is 0 Å². The summed E-state index contributed by atoms with van der Waals surface area (Å²) < 4.78 is 13.3. The molecule has 6 heteroatoms. The van der Waals surface area contributed by atoms with E-state index in [0.29, 0.717) is 23.7 Å². The van der Waals surface area contributed by atoms with Gasteiger partial charge in [-0.2, -0.15) is 0 Å². The molecule has 1 amide bonds. The van der Waals surface area contributed by atoms with Crippen LogP contribution in [0.15, 0.2) is 24.3 Å². The number of hydrogen-bond acceptors (Lipinski definition) is 2. The van der Waals surface area contributed by atoms with Crippen LogP contribution < -0.4 is 10.6 Å². The average molecular weight is 434 g/mol. The number of nitrogens with one attached hydrogen (secondary N) is 2. The van der Waals surface area contributed by atoms with Gasteiger partial charge in [0.15, 0.2) is 5.11 Å². The summed E-state index contributed by atoms with van der Waals surface area (Å²) in [7, 11) is 0. The molecule has 0 saturated heterocycles. The van der Waals surface area contributed by atoms with Crippen molar-refractivity contribution in [3.8, 4) is 0 Å². The van der Waals surface area contributed by atoms with E-state index in [0.717, 1.165) is 31.2 Å². The number of rotatable bonds is 6. The smallest absolute Gasteiger partial charge is 0.239 e. The van der Waals surface area contributed by atoms with Crippen LogP contribution in [0, 0.1) is 5.82 Å². The Morgan fingerprint density at radius 1 is 0.933 bits per heavy atom. The molecule has 2 N–H and O–H groups in total. The van der Waals surface area contributed by atoms with Crippen molar-refractivity contribution in [2.45, 2.75) is 95.7 Å². The van der Waals surface area contributed by atoms with Gasteiger partial charge in [-0.1, -0.05) is 63.5 Å². The lowest BCUT2D eigenvalue weighted by Crippen LogP contribution is -2.49. The second-order valence-corrected chi connectivity index (χ2v) is 9.20. The zero-order valence-corrected chi connectivity index (χ0v) is 18.8. The van der Waals surface area contributed by atoms with Gasteiger partial charge in [-0.15, -0.1) is 0 Å². The lowest BCUT2D eigenvalue weighted by Gasteiger charge is -2.36. The first-order chi connectivity index (χ1) is 14.6. The van der Waals surface area contributed by atoms with Crippen molar-refractivity contribution in [2.24, 2.45) is 0 Å². The predicted molar refractivity (Wildman–Crippen MR) is 124 cm³/mol. The first-order valence-corrected chi connectivity index (χ1v) is 12.1. The molecule has 0 atom stereocenters. The number of benzene rings is 1. The maximum atomic E-state index is 13.3. The molecule has 1 aromatic carbocycles. The molecule has 0 spiro atoms. The monoisotopic (exact) mass is 433 g/mol. The molecule has 1 aromatic rings. The predicted octanol–water partition coefficient (Wildman–Crippen LogP) is 5.06. The molecule has 30 heavy (non-hydrogen) atoms. The van der Waals surface area contributed by atoms with E-state index in [1.165, 1.54) is 63.5 Å². The van der Waals surface area contributed by atoms with Crippen LogP contribution in [0.2, 0.25) is 0 Å². The van der Waals surface area contributed by atoms with E-state index in [1.54, 1.807) is 0 Å². The molecule has 2 fully saturated rings. The van der Waals surface area contributed by atoms with E-state index in [2.05, 4.69) is 15.5 Å². The number of carbonyl (C=O) groups excluding carboxylic acids is 1. The molecular formula is C24H36FN3OS.